The third-order valence-electron chi connectivity index (χ3n) is 2.63. The Balaban J connectivity index is 2.45. The molecule has 0 spiro atoms. The van der Waals surface area contributed by atoms with Crippen LogP contribution in [-0.4, -0.2) is 43.2 Å². The van der Waals surface area contributed by atoms with E-state index in [2.05, 4.69) is 20.8 Å². The number of hydrogen-bond acceptors (Lipinski definition) is 3. The van der Waals surface area contributed by atoms with Crippen LogP contribution >= 0.6 is 15.9 Å². The number of carboxylic acid groups (broad SMARTS) is 1. The van der Waals surface area contributed by atoms with Crippen LogP contribution in [0.4, 0.5) is 0 Å². The first-order chi connectivity index (χ1) is 8.99. The van der Waals surface area contributed by atoms with Gasteiger partial charge in [-0.25, -0.2) is 0 Å². The lowest BCUT2D eigenvalue weighted by atomic mass is 10.1. The van der Waals surface area contributed by atoms with Crippen molar-refractivity contribution >= 4 is 21.9 Å². The van der Waals surface area contributed by atoms with E-state index in [1.165, 1.54) is 0 Å². The quantitative estimate of drug-likeness (QED) is 0.745. The highest BCUT2D eigenvalue weighted by molar-refractivity contribution is 9.10. The fourth-order valence-corrected chi connectivity index (χ4v) is 2.17. The molecule has 1 rings (SSSR count). The second kappa shape index (κ2) is 8.17. The molecule has 0 heterocycles. The number of aryl methyl sites for hydroxylation is 1. The molecule has 0 fully saturated rings. The molecule has 0 bridgehead atoms. The summed E-state index contributed by atoms with van der Waals surface area (Å²) in [6.07, 6.45) is 1.66. The summed E-state index contributed by atoms with van der Waals surface area (Å²) in [5.74, 6) is 0.0259. The molecule has 0 aliphatic rings. The van der Waals surface area contributed by atoms with Crippen molar-refractivity contribution in [2.24, 2.45) is 0 Å². The van der Waals surface area contributed by atoms with Gasteiger partial charge in [-0.15, -0.1) is 0 Å². The molecule has 0 radical (unpaired) electrons. The molecule has 0 unspecified atom stereocenters. The molecule has 1 aromatic rings. The van der Waals surface area contributed by atoms with Crippen LogP contribution in [0.2, 0.25) is 0 Å². The van der Waals surface area contributed by atoms with Gasteiger partial charge in [0.2, 0.25) is 0 Å². The van der Waals surface area contributed by atoms with Crippen molar-refractivity contribution in [3.63, 3.8) is 0 Å². The van der Waals surface area contributed by atoms with Crippen LogP contribution in [0.1, 0.15) is 18.4 Å². The predicted octanol–water partition coefficient (Wildman–Crippen LogP) is 2.80. The lowest BCUT2D eigenvalue weighted by Crippen LogP contribution is -2.15. The fourth-order valence-electron chi connectivity index (χ4n) is 1.63. The molecule has 0 atom stereocenters. The number of aliphatic carboxylic acids is 1. The third kappa shape index (κ3) is 6.59. The van der Waals surface area contributed by atoms with E-state index in [4.69, 9.17) is 9.84 Å². The van der Waals surface area contributed by atoms with Gasteiger partial charge < -0.3 is 14.7 Å². The Kier molecular flexibility index (Phi) is 6.87. The van der Waals surface area contributed by atoms with Crippen molar-refractivity contribution in [1.29, 1.82) is 0 Å². The Morgan fingerprint density at radius 2 is 2.16 bits per heavy atom. The maximum Gasteiger partial charge on any atom is 0.303 e. The Hall–Kier alpha value is -1.07. The SMILES string of the molecule is CN(C)CCCOc1ccc(CCC(=O)O)cc1Br. The summed E-state index contributed by atoms with van der Waals surface area (Å²) in [4.78, 5) is 12.6. The normalized spacial score (nSPS) is 10.7. The van der Waals surface area contributed by atoms with Crippen molar-refractivity contribution in [3.8, 4) is 5.75 Å². The highest BCUT2D eigenvalue weighted by Crippen LogP contribution is 2.26. The number of carbonyl (C=O) groups is 1. The maximum absolute atomic E-state index is 10.5. The number of ether oxygens (including phenoxy) is 1. The molecule has 1 N–H and O–H groups in total. The summed E-state index contributed by atoms with van der Waals surface area (Å²) in [6.45, 7) is 1.67. The molecule has 0 amide bonds. The van der Waals surface area contributed by atoms with Gasteiger partial charge in [-0.2, -0.15) is 0 Å². The molecular weight excluding hydrogens is 310 g/mol. The minimum atomic E-state index is -0.778. The average molecular weight is 330 g/mol. The van der Waals surface area contributed by atoms with Crippen LogP contribution in [0.3, 0.4) is 0 Å². The molecule has 0 aromatic heterocycles. The van der Waals surface area contributed by atoms with E-state index in [9.17, 15) is 4.79 Å². The third-order valence-corrected chi connectivity index (χ3v) is 3.25. The zero-order valence-electron chi connectivity index (χ0n) is 11.4. The molecule has 4 nitrogen and oxygen atoms in total. The van der Waals surface area contributed by atoms with E-state index in [1.807, 2.05) is 32.3 Å². The van der Waals surface area contributed by atoms with Crippen molar-refractivity contribution < 1.29 is 14.6 Å². The Bertz CT molecular complexity index is 421. The van der Waals surface area contributed by atoms with Gasteiger partial charge in [0.15, 0.2) is 0 Å². The largest absolute Gasteiger partial charge is 0.492 e. The molecule has 5 heteroatoms. The summed E-state index contributed by atoms with van der Waals surface area (Å²) in [5, 5.41) is 8.65. The van der Waals surface area contributed by atoms with Gasteiger partial charge in [0.05, 0.1) is 11.1 Å². The average Bonchev–Trinajstić information content (AvgIpc) is 2.33. The van der Waals surface area contributed by atoms with E-state index >= 15 is 0 Å². The van der Waals surface area contributed by atoms with Gasteiger partial charge >= 0.3 is 5.97 Å². The smallest absolute Gasteiger partial charge is 0.303 e. The number of benzene rings is 1. The first kappa shape index (κ1) is 16.0. The highest BCUT2D eigenvalue weighted by Gasteiger charge is 2.05. The standard InChI is InChI=1S/C14H20BrNO3/c1-16(2)8-3-9-19-13-6-4-11(10-12(13)15)5-7-14(17)18/h4,6,10H,3,5,7-9H2,1-2H3,(H,17,18). The number of halogens is 1. The first-order valence-corrected chi connectivity index (χ1v) is 7.06. The van der Waals surface area contributed by atoms with Crippen molar-refractivity contribution in [2.45, 2.75) is 19.3 Å². The van der Waals surface area contributed by atoms with Crippen molar-refractivity contribution in [3.05, 3.63) is 28.2 Å². The van der Waals surface area contributed by atoms with E-state index in [1.54, 1.807) is 0 Å². The molecule has 0 saturated carbocycles. The maximum atomic E-state index is 10.5. The number of hydrogen-bond donors (Lipinski definition) is 1. The minimum Gasteiger partial charge on any atom is -0.492 e. The molecular formula is C14H20BrNO3. The summed E-state index contributed by atoms with van der Waals surface area (Å²) in [7, 11) is 4.07. The number of carboxylic acids is 1. The zero-order chi connectivity index (χ0) is 14.3. The number of rotatable bonds is 8. The topological polar surface area (TPSA) is 49.8 Å². The molecule has 106 valence electrons. The molecule has 0 aliphatic heterocycles. The van der Waals surface area contributed by atoms with Gasteiger partial charge in [0.1, 0.15) is 5.75 Å². The van der Waals surface area contributed by atoms with Crippen LogP contribution < -0.4 is 4.74 Å². The molecule has 0 aliphatic carbocycles. The monoisotopic (exact) mass is 329 g/mol. The summed E-state index contributed by atoms with van der Waals surface area (Å²) in [5.41, 5.74) is 0.995. The summed E-state index contributed by atoms with van der Waals surface area (Å²) < 4.78 is 6.55. The number of nitrogens with zero attached hydrogens (tertiary/aromatic N) is 1. The van der Waals surface area contributed by atoms with Gasteiger partial charge in [0, 0.05) is 13.0 Å². The minimum absolute atomic E-state index is 0.148. The first-order valence-electron chi connectivity index (χ1n) is 6.27. The van der Waals surface area contributed by atoms with E-state index in [0.29, 0.717) is 13.0 Å². The molecule has 1 aromatic carbocycles. The molecule has 0 saturated heterocycles. The highest BCUT2D eigenvalue weighted by atomic mass is 79.9. The molecule has 19 heavy (non-hydrogen) atoms. The van der Waals surface area contributed by atoms with Gasteiger partial charge in [-0.3, -0.25) is 4.79 Å². The zero-order valence-corrected chi connectivity index (χ0v) is 12.9. The second-order valence-corrected chi connectivity index (χ2v) is 5.52. The summed E-state index contributed by atoms with van der Waals surface area (Å²) in [6, 6.07) is 5.72. The Labute approximate surface area is 122 Å². The van der Waals surface area contributed by atoms with Crippen LogP contribution in [-0.2, 0) is 11.2 Å². The van der Waals surface area contributed by atoms with Gasteiger partial charge in [0.25, 0.3) is 0 Å². The predicted molar refractivity (Wildman–Crippen MR) is 78.8 cm³/mol. The summed E-state index contributed by atoms with van der Waals surface area (Å²) >= 11 is 3.45. The van der Waals surface area contributed by atoms with Gasteiger partial charge in [-0.1, -0.05) is 6.07 Å². The van der Waals surface area contributed by atoms with Crippen molar-refractivity contribution in [2.75, 3.05) is 27.2 Å². The lowest BCUT2D eigenvalue weighted by Gasteiger charge is -2.12. The van der Waals surface area contributed by atoms with E-state index in [-0.39, 0.29) is 6.42 Å². The lowest BCUT2D eigenvalue weighted by molar-refractivity contribution is -0.136. The van der Waals surface area contributed by atoms with Crippen LogP contribution in [0.5, 0.6) is 5.75 Å². The Morgan fingerprint density at radius 3 is 2.74 bits per heavy atom. The van der Waals surface area contributed by atoms with Crippen LogP contribution in [0.25, 0.3) is 0 Å². The Morgan fingerprint density at radius 1 is 1.42 bits per heavy atom. The second-order valence-electron chi connectivity index (χ2n) is 4.66. The van der Waals surface area contributed by atoms with E-state index < -0.39 is 5.97 Å². The van der Waals surface area contributed by atoms with Crippen LogP contribution in [0.15, 0.2) is 22.7 Å². The van der Waals surface area contributed by atoms with Crippen LogP contribution in [0, 0.1) is 0 Å². The fraction of sp³-hybridized carbons (Fsp3) is 0.500. The van der Waals surface area contributed by atoms with Gasteiger partial charge in [-0.05, 0) is 60.6 Å². The van der Waals surface area contributed by atoms with Crippen molar-refractivity contribution in [1.82, 2.24) is 4.90 Å². The van der Waals surface area contributed by atoms with E-state index in [0.717, 1.165) is 28.8 Å².